The number of hydrogen-bond donors (Lipinski definition) is 1. The largest absolute Gasteiger partial charge is 0.439 e. The third kappa shape index (κ3) is 2.88. The van der Waals surface area contributed by atoms with Crippen molar-refractivity contribution in [2.45, 2.75) is 6.04 Å². The summed E-state index contributed by atoms with van der Waals surface area (Å²) in [6.07, 6.45) is 3.36. The fourth-order valence-electron chi connectivity index (χ4n) is 2.70. The smallest absolute Gasteiger partial charge is 0.329 e. The van der Waals surface area contributed by atoms with E-state index in [0.717, 1.165) is 4.90 Å². The molecular weight excluding hydrogens is 334 g/mol. The number of benzene rings is 1. The molecule has 2 aromatic heterocycles. The van der Waals surface area contributed by atoms with E-state index in [2.05, 4.69) is 15.4 Å². The van der Waals surface area contributed by atoms with Gasteiger partial charge in [-0.25, -0.2) is 14.7 Å². The highest BCUT2D eigenvalue weighted by molar-refractivity contribution is 6.21. The predicted molar refractivity (Wildman–Crippen MR) is 92.7 cm³/mol. The molecular formula is C18H15N5O3. The SMILES string of the molecule is Cn1ccc(C2NC(=O)N(c3ccc(Oc4ccccn4)cc3)C2=O)n1. The van der Waals surface area contributed by atoms with Gasteiger partial charge in [-0.2, -0.15) is 5.10 Å². The average Bonchev–Trinajstić information content (AvgIpc) is 3.20. The van der Waals surface area contributed by atoms with Crippen molar-refractivity contribution in [2.24, 2.45) is 7.05 Å². The summed E-state index contributed by atoms with van der Waals surface area (Å²) in [6.45, 7) is 0. The number of amides is 3. The van der Waals surface area contributed by atoms with Gasteiger partial charge in [-0.1, -0.05) is 6.07 Å². The van der Waals surface area contributed by atoms with Crippen LogP contribution < -0.4 is 15.0 Å². The van der Waals surface area contributed by atoms with Crippen LogP contribution >= 0.6 is 0 Å². The lowest BCUT2D eigenvalue weighted by atomic mass is 10.2. The van der Waals surface area contributed by atoms with Crippen LogP contribution in [0.5, 0.6) is 11.6 Å². The maximum Gasteiger partial charge on any atom is 0.329 e. The molecule has 0 saturated carbocycles. The molecule has 1 fully saturated rings. The fraction of sp³-hybridized carbons (Fsp3) is 0.111. The Morgan fingerprint density at radius 2 is 1.88 bits per heavy atom. The van der Waals surface area contributed by atoms with E-state index in [1.165, 1.54) is 0 Å². The van der Waals surface area contributed by atoms with Crippen molar-refractivity contribution in [3.05, 3.63) is 66.6 Å². The zero-order valence-electron chi connectivity index (χ0n) is 13.9. The Balaban J connectivity index is 1.53. The zero-order chi connectivity index (χ0) is 18.1. The lowest BCUT2D eigenvalue weighted by Gasteiger charge is -2.13. The Bertz CT molecular complexity index is 952. The summed E-state index contributed by atoms with van der Waals surface area (Å²) < 4.78 is 7.20. The van der Waals surface area contributed by atoms with E-state index in [1.54, 1.807) is 66.6 Å². The quantitative estimate of drug-likeness (QED) is 0.731. The van der Waals surface area contributed by atoms with Gasteiger partial charge in [0.15, 0.2) is 6.04 Å². The number of rotatable bonds is 4. The number of nitrogens with zero attached hydrogens (tertiary/aromatic N) is 4. The van der Waals surface area contributed by atoms with Crippen molar-refractivity contribution in [3.8, 4) is 11.6 Å². The number of pyridine rings is 1. The van der Waals surface area contributed by atoms with Crippen molar-refractivity contribution in [2.75, 3.05) is 4.90 Å². The van der Waals surface area contributed by atoms with Crippen LogP contribution in [0.25, 0.3) is 0 Å². The van der Waals surface area contributed by atoms with Gasteiger partial charge in [0, 0.05) is 25.5 Å². The summed E-state index contributed by atoms with van der Waals surface area (Å²) in [7, 11) is 1.75. The van der Waals surface area contributed by atoms with Crippen LogP contribution in [0.4, 0.5) is 10.5 Å². The third-order valence-corrected chi connectivity index (χ3v) is 3.92. The van der Waals surface area contributed by atoms with Gasteiger partial charge in [-0.05, 0) is 36.4 Å². The van der Waals surface area contributed by atoms with E-state index in [-0.39, 0.29) is 5.91 Å². The van der Waals surface area contributed by atoms with Crippen molar-refractivity contribution < 1.29 is 14.3 Å². The number of hydrogen-bond acceptors (Lipinski definition) is 5. The molecule has 1 atom stereocenters. The molecule has 4 rings (SSSR count). The summed E-state index contributed by atoms with van der Waals surface area (Å²) in [5, 5.41) is 6.85. The molecule has 1 aliphatic heterocycles. The number of carbonyl (C=O) groups excluding carboxylic acids is 2. The highest BCUT2D eigenvalue weighted by Crippen LogP contribution is 2.28. The number of aryl methyl sites for hydroxylation is 1. The minimum atomic E-state index is -0.784. The van der Waals surface area contributed by atoms with E-state index in [1.807, 2.05) is 6.07 Å². The second kappa shape index (κ2) is 6.32. The highest BCUT2D eigenvalue weighted by atomic mass is 16.5. The van der Waals surface area contributed by atoms with Crippen LogP contribution in [-0.4, -0.2) is 26.7 Å². The number of imide groups is 1. The zero-order valence-corrected chi connectivity index (χ0v) is 13.9. The molecule has 0 radical (unpaired) electrons. The van der Waals surface area contributed by atoms with E-state index in [0.29, 0.717) is 23.0 Å². The van der Waals surface area contributed by atoms with Crippen LogP contribution in [0, 0.1) is 0 Å². The monoisotopic (exact) mass is 349 g/mol. The minimum absolute atomic E-state index is 0.368. The second-order valence-electron chi connectivity index (χ2n) is 5.73. The van der Waals surface area contributed by atoms with Gasteiger partial charge in [-0.15, -0.1) is 0 Å². The molecule has 130 valence electrons. The van der Waals surface area contributed by atoms with Gasteiger partial charge in [0.1, 0.15) is 5.75 Å². The van der Waals surface area contributed by atoms with Gasteiger partial charge in [0.05, 0.1) is 11.4 Å². The Morgan fingerprint density at radius 3 is 2.54 bits per heavy atom. The van der Waals surface area contributed by atoms with Crippen LogP contribution in [0.2, 0.25) is 0 Å². The first kappa shape index (κ1) is 15.8. The van der Waals surface area contributed by atoms with Crippen LogP contribution in [0.1, 0.15) is 11.7 Å². The molecule has 0 bridgehead atoms. The summed E-state index contributed by atoms with van der Waals surface area (Å²) in [5.74, 6) is 0.651. The number of carbonyl (C=O) groups is 2. The molecule has 1 unspecified atom stereocenters. The van der Waals surface area contributed by atoms with Crippen molar-refractivity contribution >= 4 is 17.6 Å². The van der Waals surface area contributed by atoms with E-state index in [9.17, 15) is 9.59 Å². The van der Waals surface area contributed by atoms with E-state index < -0.39 is 12.1 Å². The van der Waals surface area contributed by atoms with Crippen LogP contribution in [0.3, 0.4) is 0 Å². The number of ether oxygens (including phenoxy) is 1. The van der Waals surface area contributed by atoms with E-state index in [4.69, 9.17) is 4.74 Å². The van der Waals surface area contributed by atoms with Crippen molar-refractivity contribution in [1.29, 1.82) is 0 Å². The highest BCUT2D eigenvalue weighted by Gasteiger charge is 2.41. The molecule has 1 saturated heterocycles. The summed E-state index contributed by atoms with van der Waals surface area (Å²) in [5.41, 5.74) is 0.961. The number of nitrogens with one attached hydrogen (secondary N) is 1. The van der Waals surface area contributed by atoms with Crippen molar-refractivity contribution in [1.82, 2.24) is 20.1 Å². The Labute approximate surface area is 149 Å². The third-order valence-electron chi connectivity index (χ3n) is 3.92. The molecule has 0 aliphatic carbocycles. The molecule has 1 aromatic carbocycles. The number of aromatic nitrogens is 3. The molecule has 8 nitrogen and oxygen atoms in total. The maximum absolute atomic E-state index is 12.7. The molecule has 1 N–H and O–H groups in total. The molecule has 1 aliphatic rings. The maximum atomic E-state index is 12.7. The summed E-state index contributed by atoms with van der Waals surface area (Å²) in [6, 6.07) is 12.5. The van der Waals surface area contributed by atoms with Gasteiger partial charge in [0.2, 0.25) is 5.88 Å². The van der Waals surface area contributed by atoms with Gasteiger partial charge in [-0.3, -0.25) is 9.48 Å². The van der Waals surface area contributed by atoms with Gasteiger partial charge < -0.3 is 10.1 Å². The molecule has 26 heavy (non-hydrogen) atoms. The first-order valence-corrected chi connectivity index (χ1v) is 7.95. The standard InChI is InChI=1S/C18H15N5O3/c1-22-11-9-14(21-22)16-17(24)23(18(25)20-16)12-5-7-13(8-6-12)26-15-4-2-3-10-19-15/h2-11,16H,1H3,(H,20,25). The molecule has 3 heterocycles. The van der Waals surface area contributed by atoms with Crippen LogP contribution in [-0.2, 0) is 11.8 Å². The Kier molecular flexibility index (Phi) is 3.85. The van der Waals surface area contributed by atoms with Gasteiger partial charge in [0.25, 0.3) is 5.91 Å². The van der Waals surface area contributed by atoms with Crippen LogP contribution in [0.15, 0.2) is 60.9 Å². The first-order chi connectivity index (χ1) is 12.6. The predicted octanol–water partition coefficient (Wildman–Crippen LogP) is 2.40. The number of urea groups is 1. The minimum Gasteiger partial charge on any atom is -0.439 e. The Hall–Kier alpha value is -3.68. The number of anilines is 1. The second-order valence-corrected chi connectivity index (χ2v) is 5.73. The average molecular weight is 349 g/mol. The van der Waals surface area contributed by atoms with Gasteiger partial charge >= 0.3 is 6.03 Å². The molecule has 3 aromatic rings. The fourth-order valence-corrected chi connectivity index (χ4v) is 2.70. The van der Waals surface area contributed by atoms with E-state index >= 15 is 0 Å². The topological polar surface area (TPSA) is 89.4 Å². The lowest BCUT2D eigenvalue weighted by molar-refractivity contribution is -0.118. The normalized spacial score (nSPS) is 16.7. The summed E-state index contributed by atoms with van der Waals surface area (Å²) >= 11 is 0. The molecule has 3 amide bonds. The van der Waals surface area contributed by atoms with Crippen molar-refractivity contribution in [3.63, 3.8) is 0 Å². The molecule has 8 heteroatoms. The summed E-state index contributed by atoms with van der Waals surface area (Å²) in [4.78, 5) is 30.1. The first-order valence-electron chi connectivity index (χ1n) is 7.95. The lowest BCUT2D eigenvalue weighted by Crippen LogP contribution is -2.30. The molecule has 0 spiro atoms. The Morgan fingerprint density at radius 1 is 1.08 bits per heavy atom.